The van der Waals surface area contributed by atoms with Gasteiger partial charge in [-0.2, -0.15) is 0 Å². The molecule has 0 amide bonds. The summed E-state index contributed by atoms with van der Waals surface area (Å²) in [6.07, 6.45) is 5.03. The van der Waals surface area contributed by atoms with Gasteiger partial charge in [-0.15, -0.1) is 0 Å². The summed E-state index contributed by atoms with van der Waals surface area (Å²) in [5.41, 5.74) is 1.31. The van der Waals surface area contributed by atoms with Gasteiger partial charge in [0.1, 0.15) is 0 Å². The molecule has 0 aliphatic rings. The lowest BCUT2D eigenvalue weighted by Gasteiger charge is -2.09. The van der Waals surface area contributed by atoms with E-state index >= 15 is 0 Å². The minimum absolute atomic E-state index is 0.260. The van der Waals surface area contributed by atoms with Crippen molar-refractivity contribution >= 4 is 0 Å². The largest absolute Gasteiger partial charge is 0.396 e. The SMILES string of the molecule is CCNC(C)c1ccn(CCCO)c1. The molecule has 1 rings (SSSR count). The molecule has 0 radical (unpaired) electrons. The number of hydrogen-bond acceptors (Lipinski definition) is 2. The molecule has 0 aliphatic heterocycles. The van der Waals surface area contributed by atoms with Crippen molar-refractivity contribution in [2.45, 2.75) is 32.9 Å². The Kier molecular flexibility index (Phi) is 4.70. The molecule has 14 heavy (non-hydrogen) atoms. The summed E-state index contributed by atoms with van der Waals surface area (Å²) in [5.74, 6) is 0. The van der Waals surface area contributed by atoms with Gasteiger partial charge in [0.05, 0.1) is 0 Å². The molecule has 3 heteroatoms. The zero-order valence-electron chi connectivity index (χ0n) is 9.03. The summed E-state index contributed by atoms with van der Waals surface area (Å²) in [4.78, 5) is 0. The molecule has 1 aromatic heterocycles. The van der Waals surface area contributed by atoms with Crippen LogP contribution < -0.4 is 5.32 Å². The Bertz CT molecular complexity index is 258. The first-order valence-corrected chi connectivity index (χ1v) is 5.27. The molecule has 0 saturated heterocycles. The van der Waals surface area contributed by atoms with Crippen LogP contribution in [-0.4, -0.2) is 22.8 Å². The van der Waals surface area contributed by atoms with Crippen LogP contribution in [-0.2, 0) is 6.54 Å². The summed E-state index contributed by atoms with van der Waals surface area (Å²) in [6.45, 7) is 6.42. The highest BCUT2D eigenvalue weighted by molar-refractivity contribution is 5.14. The van der Waals surface area contributed by atoms with Crippen LogP contribution in [0.5, 0.6) is 0 Å². The number of aliphatic hydroxyl groups is 1. The molecular formula is C11H20N2O. The number of aliphatic hydroxyl groups excluding tert-OH is 1. The van der Waals surface area contributed by atoms with Gasteiger partial charge in [0.25, 0.3) is 0 Å². The minimum atomic E-state index is 0.260. The Balaban J connectivity index is 2.49. The van der Waals surface area contributed by atoms with E-state index in [4.69, 9.17) is 5.11 Å². The van der Waals surface area contributed by atoms with Crippen LogP contribution in [0.25, 0.3) is 0 Å². The fraction of sp³-hybridized carbons (Fsp3) is 0.636. The third-order valence-electron chi connectivity index (χ3n) is 2.36. The van der Waals surface area contributed by atoms with Crippen LogP contribution >= 0.6 is 0 Å². The highest BCUT2D eigenvalue weighted by Crippen LogP contribution is 2.12. The van der Waals surface area contributed by atoms with E-state index in [0.717, 1.165) is 19.5 Å². The van der Waals surface area contributed by atoms with Gasteiger partial charge in [0.15, 0.2) is 0 Å². The average molecular weight is 196 g/mol. The third kappa shape index (κ3) is 3.16. The van der Waals surface area contributed by atoms with E-state index in [1.54, 1.807) is 0 Å². The molecule has 0 spiro atoms. The number of hydrogen-bond donors (Lipinski definition) is 2. The minimum Gasteiger partial charge on any atom is -0.396 e. The Morgan fingerprint density at radius 2 is 2.36 bits per heavy atom. The Morgan fingerprint density at radius 3 is 3.00 bits per heavy atom. The second kappa shape index (κ2) is 5.83. The zero-order chi connectivity index (χ0) is 10.4. The third-order valence-corrected chi connectivity index (χ3v) is 2.36. The van der Waals surface area contributed by atoms with Crippen molar-refractivity contribution in [3.63, 3.8) is 0 Å². The molecule has 80 valence electrons. The number of nitrogens with zero attached hydrogens (tertiary/aromatic N) is 1. The van der Waals surface area contributed by atoms with Crippen molar-refractivity contribution in [3.8, 4) is 0 Å². The molecule has 1 aromatic rings. The number of rotatable bonds is 6. The molecule has 0 bridgehead atoms. The molecule has 1 heterocycles. The van der Waals surface area contributed by atoms with Crippen molar-refractivity contribution in [1.82, 2.24) is 9.88 Å². The predicted octanol–water partition coefficient (Wildman–Crippen LogP) is 1.54. The lowest BCUT2D eigenvalue weighted by molar-refractivity contribution is 0.280. The van der Waals surface area contributed by atoms with Crippen LogP contribution in [0.15, 0.2) is 18.5 Å². The van der Waals surface area contributed by atoms with Gasteiger partial charge in [0, 0.05) is 31.6 Å². The van der Waals surface area contributed by atoms with Crippen molar-refractivity contribution in [1.29, 1.82) is 0 Å². The van der Waals surface area contributed by atoms with E-state index in [-0.39, 0.29) is 6.61 Å². The van der Waals surface area contributed by atoms with Crippen molar-refractivity contribution in [2.75, 3.05) is 13.2 Å². The van der Waals surface area contributed by atoms with E-state index in [1.165, 1.54) is 5.56 Å². The van der Waals surface area contributed by atoms with E-state index < -0.39 is 0 Å². The highest BCUT2D eigenvalue weighted by atomic mass is 16.3. The molecule has 3 nitrogen and oxygen atoms in total. The van der Waals surface area contributed by atoms with Crippen molar-refractivity contribution < 1.29 is 5.11 Å². The first kappa shape index (κ1) is 11.3. The molecule has 1 atom stereocenters. The Hall–Kier alpha value is -0.800. The lowest BCUT2D eigenvalue weighted by atomic mass is 10.2. The van der Waals surface area contributed by atoms with Gasteiger partial charge in [-0.3, -0.25) is 0 Å². The summed E-state index contributed by atoms with van der Waals surface area (Å²) in [7, 11) is 0. The van der Waals surface area contributed by atoms with Gasteiger partial charge >= 0.3 is 0 Å². The quantitative estimate of drug-likeness (QED) is 0.724. The van der Waals surface area contributed by atoms with Crippen LogP contribution in [0.4, 0.5) is 0 Å². The molecule has 0 aliphatic carbocycles. The fourth-order valence-corrected chi connectivity index (χ4v) is 1.53. The smallest absolute Gasteiger partial charge is 0.0448 e. The lowest BCUT2D eigenvalue weighted by Crippen LogP contribution is -2.17. The van der Waals surface area contributed by atoms with E-state index in [2.05, 4.69) is 42.2 Å². The normalized spacial score (nSPS) is 13.1. The average Bonchev–Trinajstić information content (AvgIpc) is 2.63. The summed E-state index contributed by atoms with van der Waals surface area (Å²) < 4.78 is 2.12. The van der Waals surface area contributed by atoms with Crippen molar-refractivity contribution in [3.05, 3.63) is 24.0 Å². The summed E-state index contributed by atoms with van der Waals surface area (Å²) >= 11 is 0. The maximum Gasteiger partial charge on any atom is 0.0448 e. The molecule has 2 N–H and O–H groups in total. The molecule has 0 saturated carbocycles. The number of aromatic nitrogens is 1. The molecular weight excluding hydrogens is 176 g/mol. The van der Waals surface area contributed by atoms with Crippen LogP contribution in [0.2, 0.25) is 0 Å². The van der Waals surface area contributed by atoms with E-state index in [9.17, 15) is 0 Å². The number of aryl methyl sites for hydroxylation is 1. The van der Waals surface area contributed by atoms with Gasteiger partial charge in [-0.25, -0.2) is 0 Å². The predicted molar refractivity (Wildman–Crippen MR) is 58.2 cm³/mol. The van der Waals surface area contributed by atoms with Crippen molar-refractivity contribution in [2.24, 2.45) is 0 Å². The molecule has 0 fully saturated rings. The fourth-order valence-electron chi connectivity index (χ4n) is 1.53. The maximum absolute atomic E-state index is 8.70. The van der Waals surface area contributed by atoms with Gasteiger partial charge in [-0.05, 0) is 31.5 Å². The first-order valence-electron chi connectivity index (χ1n) is 5.27. The molecule has 0 aromatic carbocycles. The van der Waals surface area contributed by atoms with E-state index in [0.29, 0.717) is 6.04 Å². The van der Waals surface area contributed by atoms with Crippen LogP contribution in [0, 0.1) is 0 Å². The maximum atomic E-state index is 8.70. The zero-order valence-corrected chi connectivity index (χ0v) is 9.03. The standard InChI is InChI=1S/C11H20N2O/c1-3-12-10(2)11-5-7-13(9-11)6-4-8-14/h5,7,9-10,12,14H,3-4,6,8H2,1-2H3. The van der Waals surface area contributed by atoms with Crippen LogP contribution in [0.1, 0.15) is 31.9 Å². The summed E-state index contributed by atoms with van der Waals surface area (Å²) in [5, 5.41) is 12.1. The molecule has 1 unspecified atom stereocenters. The topological polar surface area (TPSA) is 37.2 Å². The van der Waals surface area contributed by atoms with Gasteiger partial charge in [-0.1, -0.05) is 6.92 Å². The summed E-state index contributed by atoms with van der Waals surface area (Å²) in [6, 6.07) is 2.54. The van der Waals surface area contributed by atoms with Crippen LogP contribution in [0.3, 0.4) is 0 Å². The van der Waals surface area contributed by atoms with Gasteiger partial charge < -0.3 is 15.0 Å². The highest BCUT2D eigenvalue weighted by Gasteiger charge is 2.04. The second-order valence-corrected chi connectivity index (χ2v) is 3.54. The van der Waals surface area contributed by atoms with E-state index in [1.807, 2.05) is 0 Å². The monoisotopic (exact) mass is 196 g/mol. The van der Waals surface area contributed by atoms with Gasteiger partial charge in [0.2, 0.25) is 0 Å². The first-order chi connectivity index (χ1) is 6.77. The Labute approximate surface area is 85.7 Å². The Morgan fingerprint density at radius 1 is 1.57 bits per heavy atom. The number of nitrogens with one attached hydrogen (secondary N) is 1. The second-order valence-electron chi connectivity index (χ2n) is 3.54.